The van der Waals surface area contributed by atoms with E-state index in [0.29, 0.717) is 5.69 Å². The van der Waals surface area contributed by atoms with Crippen LogP contribution in [0.2, 0.25) is 0 Å². The number of nitrogens with zero attached hydrogens (tertiary/aromatic N) is 2. The van der Waals surface area contributed by atoms with Gasteiger partial charge in [0.1, 0.15) is 11.4 Å². The third-order valence-electron chi connectivity index (χ3n) is 5.39. The number of para-hydroxylation sites is 1. The van der Waals surface area contributed by atoms with Crippen molar-refractivity contribution in [2.45, 2.75) is 25.8 Å². The number of amides is 1. The van der Waals surface area contributed by atoms with Crippen LogP contribution in [0.3, 0.4) is 0 Å². The molecule has 5 nitrogen and oxygen atoms in total. The number of benzene rings is 3. The molecule has 0 spiro atoms. The Bertz CT molecular complexity index is 1170. The summed E-state index contributed by atoms with van der Waals surface area (Å²) in [7, 11) is 1.64. The van der Waals surface area contributed by atoms with Crippen molar-refractivity contribution >= 4 is 5.91 Å². The molecule has 0 unspecified atom stereocenters. The zero-order chi connectivity index (χ0) is 22.3. The lowest BCUT2D eigenvalue weighted by atomic mass is 10.1. The SMILES string of the molecule is COc1cccc(-c2cc(C(=O)N[C@@H](C)CCc3ccccc3)n(-c3ccccc3)n2)c1. The van der Waals surface area contributed by atoms with Crippen molar-refractivity contribution in [1.82, 2.24) is 15.1 Å². The van der Waals surface area contributed by atoms with E-state index in [1.54, 1.807) is 11.8 Å². The maximum Gasteiger partial charge on any atom is 0.270 e. The summed E-state index contributed by atoms with van der Waals surface area (Å²) in [6.07, 6.45) is 1.77. The van der Waals surface area contributed by atoms with Gasteiger partial charge in [-0.3, -0.25) is 4.79 Å². The second-order valence-electron chi connectivity index (χ2n) is 7.79. The molecule has 1 amide bonds. The first-order valence-corrected chi connectivity index (χ1v) is 10.8. The van der Waals surface area contributed by atoms with Gasteiger partial charge in [-0.1, -0.05) is 60.7 Å². The van der Waals surface area contributed by atoms with Crippen LogP contribution in [0.5, 0.6) is 5.75 Å². The average Bonchev–Trinajstić information content (AvgIpc) is 3.30. The van der Waals surface area contributed by atoms with Gasteiger partial charge in [0.15, 0.2) is 0 Å². The quantitative estimate of drug-likeness (QED) is 0.417. The molecule has 0 radical (unpaired) electrons. The molecule has 0 bridgehead atoms. The minimum absolute atomic E-state index is 0.0297. The average molecular weight is 426 g/mol. The van der Waals surface area contributed by atoms with E-state index < -0.39 is 0 Å². The minimum atomic E-state index is -0.143. The number of methoxy groups -OCH3 is 1. The molecule has 4 rings (SSSR count). The summed E-state index contributed by atoms with van der Waals surface area (Å²) in [5.74, 6) is 0.605. The molecule has 0 saturated heterocycles. The van der Waals surface area contributed by atoms with E-state index in [1.807, 2.05) is 85.8 Å². The molecule has 3 aromatic carbocycles. The number of ether oxygens (including phenoxy) is 1. The molecule has 0 aliphatic heterocycles. The molecule has 1 N–H and O–H groups in total. The van der Waals surface area contributed by atoms with Crippen LogP contribution in [0.1, 0.15) is 29.4 Å². The molecule has 4 aromatic rings. The minimum Gasteiger partial charge on any atom is -0.497 e. The molecular weight excluding hydrogens is 398 g/mol. The highest BCUT2D eigenvalue weighted by molar-refractivity contribution is 5.94. The van der Waals surface area contributed by atoms with E-state index >= 15 is 0 Å². The number of aromatic nitrogens is 2. The summed E-state index contributed by atoms with van der Waals surface area (Å²) in [5, 5.41) is 7.89. The Labute approximate surface area is 188 Å². The van der Waals surface area contributed by atoms with Gasteiger partial charge in [0.05, 0.1) is 18.5 Å². The second-order valence-corrected chi connectivity index (χ2v) is 7.79. The van der Waals surface area contributed by atoms with Crippen molar-refractivity contribution in [3.05, 3.63) is 102 Å². The molecule has 5 heteroatoms. The summed E-state index contributed by atoms with van der Waals surface area (Å²) in [6, 6.07) is 29.6. The first-order valence-electron chi connectivity index (χ1n) is 10.8. The zero-order valence-corrected chi connectivity index (χ0v) is 18.4. The van der Waals surface area contributed by atoms with Crippen molar-refractivity contribution in [3.63, 3.8) is 0 Å². The second kappa shape index (κ2) is 9.96. The van der Waals surface area contributed by atoms with Crippen molar-refractivity contribution < 1.29 is 9.53 Å². The predicted molar refractivity (Wildman–Crippen MR) is 127 cm³/mol. The van der Waals surface area contributed by atoms with Crippen molar-refractivity contribution in [2.24, 2.45) is 0 Å². The van der Waals surface area contributed by atoms with Crippen LogP contribution in [0.4, 0.5) is 0 Å². The first-order chi connectivity index (χ1) is 15.6. The van der Waals surface area contributed by atoms with Crippen LogP contribution >= 0.6 is 0 Å². The number of carbonyl (C=O) groups excluding carboxylic acids is 1. The van der Waals surface area contributed by atoms with E-state index in [-0.39, 0.29) is 11.9 Å². The largest absolute Gasteiger partial charge is 0.497 e. The van der Waals surface area contributed by atoms with E-state index in [4.69, 9.17) is 9.84 Å². The van der Waals surface area contributed by atoms with E-state index in [9.17, 15) is 4.79 Å². The van der Waals surface area contributed by atoms with Crippen molar-refractivity contribution in [1.29, 1.82) is 0 Å². The molecular formula is C27H27N3O2. The monoisotopic (exact) mass is 425 g/mol. The standard InChI is InChI=1S/C27H27N3O2/c1-20(16-17-21-10-5-3-6-11-21)28-27(31)26-19-25(22-12-9-15-24(18-22)32-2)29-30(26)23-13-7-4-8-14-23/h3-15,18-20H,16-17H2,1-2H3,(H,28,31)/t20-/m0/s1. The molecule has 32 heavy (non-hydrogen) atoms. The Morgan fingerprint density at radius 2 is 1.69 bits per heavy atom. The summed E-state index contributed by atoms with van der Waals surface area (Å²) < 4.78 is 7.05. The molecule has 162 valence electrons. The Hall–Kier alpha value is -3.86. The van der Waals surface area contributed by atoms with Crippen LogP contribution in [0, 0.1) is 0 Å². The molecule has 0 aliphatic carbocycles. The summed E-state index contributed by atoms with van der Waals surface area (Å²) >= 11 is 0. The summed E-state index contributed by atoms with van der Waals surface area (Å²) in [4.78, 5) is 13.2. The van der Waals surface area contributed by atoms with Gasteiger partial charge in [-0.2, -0.15) is 5.10 Å². The number of hydrogen-bond acceptors (Lipinski definition) is 3. The maximum atomic E-state index is 13.2. The van der Waals surface area contributed by atoms with Crippen LogP contribution < -0.4 is 10.1 Å². The van der Waals surface area contributed by atoms with Gasteiger partial charge in [-0.15, -0.1) is 0 Å². The fraction of sp³-hybridized carbons (Fsp3) is 0.185. The molecule has 0 fully saturated rings. The maximum absolute atomic E-state index is 13.2. The third kappa shape index (κ3) is 5.06. The number of nitrogens with one attached hydrogen (secondary N) is 1. The smallest absolute Gasteiger partial charge is 0.270 e. The van der Waals surface area contributed by atoms with Crippen LogP contribution in [-0.4, -0.2) is 28.8 Å². The van der Waals surface area contributed by atoms with Gasteiger partial charge < -0.3 is 10.1 Å². The number of aryl methyl sites for hydroxylation is 1. The van der Waals surface area contributed by atoms with E-state index in [0.717, 1.165) is 35.5 Å². The topological polar surface area (TPSA) is 56.1 Å². The molecule has 0 saturated carbocycles. The number of hydrogen-bond donors (Lipinski definition) is 1. The molecule has 1 aromatic heterocycles. The number of carbonyl (C=O) groups is 1. The first kappa shape index (κ1) is 21.4. The van der Waals surface area contributed by atoms with Crippen molar-refractivity contribution in [2.75, 3.05) is 7.11 Å². The Kier molecular flexibility index (Phi) is 6.66. The lowest BCUT2D eigenvalue weighted by Gasteiger charge is -2.14. The van der Waals surface area contributed by atoms with Gasteiger partial charge in [0, 0.05) is 11.6 Å². The Morgan fingerprint density at radius 3 is 2.41 bits per heavy atom. The van der Waals surface area contributed by atoms with E-state index in [2.05, 4.69) is 17.4 Å². The number of rotatable bonds is 8. The van der Waals surface area contributed by atoms with Crippen molar-refractivity contribution in [3.8, 4) is 22.7 Å². The van der Waals surface area contributed by atoms with Gasteiger partial charge in [0.25, 0.3) is 5.91 Å². The molecule has 1 heterocycles. The lowest BCUT2D eigenvalue weighted by molar-refractivity contribution is 0.0930. The highest BCUT2D eigenvalue weighted by Gasteiger charge is 2.19. The lowest BCUT2D eigenvalue weighted by Crippen LogP contribution is -2.34. The van der Waals surface area contributed by atoms with E-state index in [1.165, 1.54) is 5.56 Å². The van der Waals surface area contributed by atoms with Gasteiger partial charge >= 0.3 is 0 Å². The Morgan fingerprint density at radius 1 is 0.969 bits per heavy atom. The van der Waals surface area contributed by atoms with Gasteiger partial charge in [-0.05, 0) is 55.7 Å². The van der Waals surface area contributed by atoms with Crippen LogP contribution in [-0.2, 0) is 6.42 Å². The third-order valence-corrected chi connectivity index (χ3v) is 5.39. The van der Waals surface area contributed by atoms with Crippen LogP contribution in [0.15, 0.2) is 91.0 Å². The highest BCUT2D eigenvalue weighted by atomic mass is 16.5. The molecule has 1 atom stereocenters. The Balaban J connectivity index is 1.58. The summed E-state index contributed by atoms with van der Waals surface area (Å²) in [6.45, 7) is 2.03. The predicted octanol–water partition coefficient (Wildman–Crippen LogP) is 5.30. The van der Waals surface area contributed by atoms with Gasteiger partial charge in [-0.25, -0.2) is 4.68 Å². The van der Waals surface area contributed by atoms with Gasteiger partial charge in [0.2, 0.25) is 0 Å². The summed E-state index contributed by atoms with van der Waals surface area (Å²) in [5.41, 5.74) is 4.22. The zero-order valence-electron chi connectivity index (χ0n) is 18.4. The van der Waals surface area contributed by atoms with Crippen LogP contribution in [0.25, 0.3) is 16.9 Å². The normalized spacial score (nSPS) is 11.7. The molecule has 0 aliphatic rings. The fourth-order valence-corrected chi connectivity index (χ4v) is 3.63. The highest BCUT2D eigenvalue weighted by Crippen LogP contribution is 2.25. The fourth-order valence-electron chi connectivity index (χ4n) is 3.63.